The molecule has 1 nitrogen and oxygen atoms in total. The molecular weight excluding hydrogens is 136 g/mol. The first-order valence-corrected chi connectivity index (χ1v) is 3.46. The summed E-state index contributed by atoms with van der Waals surface area (Å²) in [5.74, 6) is 0.0631. The first-order valence-electron chi connectivity index (χ1n) is 3.46. The molecule has 0 fully saturated rings. The zero-order valence-electron chi connectivity index (χ0n) is 6.16. The number of carbonyl (C=O) groups is 1. The van der Waals surface area contributed by atoms with Crippen molar-refractivity contribution >= 4 is 5.78 Å². The molecule has 0 N–H and O–H groups in total. The third-order valence-electron chi connectivity index (χ3n) is 1.40. The summed E-state index contributed by atoms with van der Waals surface area (Å²) in [7, 11) is 0. The Morgan fingerprint density at radius 3 is 2.55 bits per heavy atom. The van der Waals surface area contributed by atoms with Gasteiger partial charge in [0.1, 0.15) is 0 Å². The van der Waals surface area contributed by atoms with Crippen LogP contribution in [0, 0.1) is 6.58 Å². The molecule has 11 heavy (non-hydrogen) atoms. The van der Waals surface area contributed by atoms with E-state index in [4.69, 9.17) is 6.58 Å². The van der Waals surface area contributed by atoms with E-state index in [1.165, 1.54) is 6.08 Å². The van der Waals surface area contributed by atoms with Crippen molar-refractivity contribution in [3.05, 3.63) is 48.6 Å². The zero-order chi connectivity index (χ0) is 8.10. The maximum atomic E-state index is 11.1. The molecule has 0 aliphatic heterocycles. The summed E-state index contributed by atoms with van der Waals surface area (Å²) < 4.78 is 0. The quantitative estimate of drug-likeness (QED) is 0.471. The molecule has 0 aliphatic carbocycles. The Morgan fingerprint density at radius 2 is 2.00 bits per heavy atom. The van der Waals surface area contributed by atoms with Crippen LogP contribution in [-0.4, -0.2) is 5.78 Å². The van der Waals surface area contributed by atoms with Gasteiger partial charge in [0.15, 0.2) is 11.9 Å². The van der Waals surface area contributed by atoms with Gasteiger partial charge in [0.05, 0.1) is 6.42 Å². The second-order valence-corrected chi connectivity index (χ2v) is 2.23. The lowest BCUT2D eigenvalue weighted by Gasteiger charge is -1.92. The van der Waals surface area contributed by atoms with Gasteiger partial charge in [-0.25, -0.2) is 0 Å². The van der Waals surface area contributed by atoms with Crippen LogP contribution in [-0.2, 0) is 0 Å². The van der Waals surface area contributed by atoms with Crippen molar-refractivity contribution in [2.45, 2.75) is 6.42 Å². The highest BCUT2D eigenvalue weighted by molar-refractivity contribution is 5.96. The minimum absolute atomic E-state index is 0.0631. The molecule has 1 aromatic carbocycles. The Kier molecular flexibility index (Phi) is 2.53. The fraction of sp³-hybridized carbons (Fsp3) is 0.100. The molecular formula is C10H9O+. The lowest BCUT2D eigenvalue weighted by atomic mass is 10.1. The molecule has 1 heteroatoms. The van der Waals surface area contributed by atoms with Crippen LogP contribution in [0.3, 0.4) is 0 Å². The van der Waals surface area contributed by atoms with Crippen molar-refractivity contribution in [1.82, 2.24) is 0 Å². The molecule has 0 unspecified atom stereocenters. The van der Waals surface area contributed by atoms with Gasteiger partial charge in [-0.2, -0.15) is 0 Å². The molecule has 0 aliphatic rings. The second kappa shape index (κ2) is 3.65. The predicted molar refractivity (Wildman–Crippen MR) is 44.3 cm³/mol. The number of hydrogen-bond acceptors (Lipinski definition) is 1. The largest absolute Gasteiger partial charge is 0.294 e. The number of benzene rings is 1. The Labute approximate surface area is 66.4 Å². The number of hydrogen-bond donors (Lipinski definition) is 0. The van der Waals surface area contributed by atoms with Crippen molar-refractivity contribution in [3.63, 3.8) is 0 Å². The average Bonchev–Trinajstić information content (AvgIpc) is 2.07. The van der Waals surface area contributed by atoms with Crippen LogP contribution >= 0.6 is 0 Å². The molecule has 0 amide bonds. The van der Waals surface area contributed by atoms with Gasteiger partial charge >= 0.3 is 0 Å². The van der Waals surface area contributed by atoms with Crippen LogP contribution in [0.1, 0.15) is 16.8 Å². The number of Topliss-reactive ketones (excluding diaryl/α,β-unsaturated/α-hetero) is 1. The molecule has 0 heterocycles. The van der Waals surface area contributed by atoms with E-state index in [9.17, 15) is 4.79 Å². The van der Waals surface area contributed by atoms with E-state index < -0.39 is 0 Å². The third kappa shape index (κ3) is 1.99. The summed E-state index contributed by atoms with van der Waals surface area (Å²) in [4.78, 5) is 11.1. The van der Waals surface area contributed by atoms with Crippen molar-refractivity contribution in [3.8, 4) is 0 Å². The fourth-order valence-electron chi connectivity index (χ4n) is 0.849. The Bertz CT molecular complexity index is 249. The Morgan fingerprint density at radius 1 is 1.36 bits per heavy atom. The average molecular weight is 145 g/mol. The van der Waals surface area contributed by atoms with Crippen LogP contribution in [0.5, 0.6) is 0 Å². The van der Waals surface area contributed by atoms with Crippen LogP contribution in [0.25, 0.3) is 0 Å². The van der Waals surface area contributed by atoms with Crippen LogP contribution in [0.15, 0.2) is 36.4 Å². The molecule has 0 saturated carbocycles. The normalized spacial score (nSPS) is 9.00. The van der Waals surface area contributed by atoms with Crippen LogP contribution in [0.2, 0.25) is 0 Å². The minimum Gasteiger partial charge on any atom is -0.294 e. The molecule has 0 radical (unpaired) electrons. The molecule has 0 saturated heterocycles. The van der Waals surface area contributed by atoms with Gasteiger partial charge in [-0.15, -0.1) is 0 Å². The third-order valence-corrected chi connectivity index (χ3v) is 1.40. The van der Waals surface area contributed by atoms with E-state index in [0.29, 0.717) is 12.0 Å². The fourth-order valence-corrected chi connectivity index (χ4v) is 0.849. The summed E-state index contributed by atoms with van der Waals surface area (Å²) in [6.45, 7) is 5.12. The molecule has 0 atom stereocenters. The van der Waals surface area contributed by atoms with Crippen molar-refractivity contribution in [1.29, 1.82) is 0 Å². The van der Waals surface area contributed by atoms with Gasteiger partial charge in [0, 0.05) is 5.56 Å². The summed E-state index contributed by atoms with van der Waals surface area (Å²) in [6.07, 6.45) is 1.68. The highest BCUT2D eigenvalue weighted by Gasteiger charge is 2.02. The topological polar surface area (TPSA) is 17.1 Å². The summed E-state index contributed by atoms with van der Waals surface area (Å²) in [5, 5.41) is 0. The maximum absolute atomic E-state index is 11.1. The van der Waals surface area contributed by atoms with Crippen molar-refractivity contribution < 1.29 is 4.79 Å². The zero-order valence-corrected chi connectivity index (χ0v) is 6.16. The van der Waals surface area contributed by atoms with Crippen molar-refractivity contribution in [2.75, 3.05) is 0 Å². The predicted octanol–water partition coefficient (Wildman–Crippen LogP) is 2.25. The standard InChI is InChI=1S/C10H9O/c1-2-6-10(11)9-7-4-3-5-8-9/h1-5,7-8H,6H2/q+1. The molecule has 0 spiro atoms. The van der Waals surface area contributed by atoms with Gasteiger partial charge in [-0.05, 0) is 0 Å². The highest BCUT2D eigenvalue weighted by atomic mass is 16.1. The first-order chi connectivity index (χ1) is 5.34. The summed E-state index contributed by atoms with van der Waals surface area (Å²) in [6, 6.07) is 9.12. The number of carbonyl (C=O) groups excluding carboxylic acids is 1. The van der Waals surface area contributed by atoms with Gasteiger partial charge < -0.3 is 0 Å². The minimum atomic E-state index is 0.0631. The van der Waals surface area contributed by atoms with Gasteiger partial charge in [0.25, 0.3) is 0 Å². The van der Waals surface area contributed by atoms with Gasteiger partial charge in [0.2, 0.25) is 6.58 Å². The Hall–Kier alpha value is -1.46. The maximum Gasteiger partial charge on any atom is 0.202 e. The lowest BCUT2D eigenvalue weighted by Crippen LogP contribution is -1.95. The molecule has 1 rings (SSSR count). The number of allylic oxidation sites excluding steroid dienone is 1. The summed E-state index contributed by atoms with van der Waals surface area (Å²) in [5.41, 5.74) is 0.717. The van der Waals surface area contributed by atoms with E-state index in [-0.39, 0.29) is 5.78 Å². The van der Waals surface area contributed by atoms with Crippen molar-refractivity contribution in [2.24, 2.45) is 0 Å². The SMILES string of the molecule is [CH+]=CCC(=O)c1ccccc1. The first kappa shape index (κ1) is 7.64. The summed E-state index contributed by atoms with van der Waals surface area (Å²) >= 11 is 0. The molecule has 0 bridgehead atoms. The van der Waals surface area contributed by atoms with Gasteiger partial charge in [-0.3, -0.25) is 4.79 Å². The van der Waals surface area contributed by atoms with Gasteiger partial charge in [-0.1, -0.05) is 30.3 Å². The Balaban J connectivity index is 2.77. The van der Waals surface area contributed by atoms with Crippen LogP contribution < -0.4 is 0 Å². The van der Waals surface area contributed by atoms with Crippen LogP contribution in [0.4, 0.5) is 0 Å². The van der Waals surface area contributed by atoms with E-state index >= 15 is 0 Å². The van der Waals surface area contributed by atoms with E-state index in [2.05, 4.69) is 0 Å². The second-order valence-electron chi connectivity index (χ2n) is 2.23. The number of ketones is 1. The molecule has 0 aromatic heterocycles. The number of rotatable bonds is 3. The molecule has 54 valence electrons. The smallest absolute Gasteiger partial charge is 0.202 e. The lowest BCUT2D eigenvalue weighted by molar-refractivity contribution is 0.0996. The molecule has 1 aromatic rings. The highest BCUT2D eigenvalue weighted by Crippen LogP contribution is 2.02. The van der Waals surface area contributed by atoms with E-state index in [1.807, 2.05) is 18.2 Å². The van der Waals surface area contributed by atoms with E-state index in [1.54, 1.807) is 12.1 Å². The van der Waals surface area contributed by atoms with E-state index in [0.717, 1.165) is 0 Å². The monoisotopic (exact) mass is 145 g/mol.